The number of nitrogens with two attached hydrogens (primary N) is 2. The summed E-state index contributed by atoms with van der Waals surface area (Å²) in [5.74, 6) is -1.12. The lowest BCUT2D eigenvalue weighted by atomic mass is 10.1. The van der Waals surface area contributed by atoms with Crippen LogP contribution in [-0.4, -0.2) is 77.4 Å². The van der Waals surface area contributed by atoms with Crippen molar-refractivity contribution in [1.82, 2.24) is 30.2 Å². The highest BCUT2D eigenvalue weighted by Crippen LogP contribution is 2.21. The van der Waals surface area contributed by atoms with Crippen molar-refractivity contribution in [2.75, 3.05) is 35.7 Å². The number of nitrogen functional groups attached to an aromatic ring is 2. The standard InChI is InChI=1S/C23H25N9O4S2/c1-31(11-13-10-26-19-17(27-13)18(24)29-22(25)30-19)14-4-2-12(3-5-14)20(35)28-15(6-7-16(33)34)21(36)32-8-9-38-23(32)37/h2-5,10,15H,6-9,11H2,1H3,(H,28,35)(H,33,34)(H4,24,25,26,29,30)/t15-/m1/s1. The van der Waals surface area contributed by atoms with E-state index in [0.717, 1.165) is 5.69 Å². The predicted octanol–water partition coefficient (Wildman–Crippen LogP) is 1.04. The molecule has 1 aromatic carbocycles. The Morgan fingerprint density at radius 3 is 2.61 bits per heavy atom. The average molecular weight is 556 g/mol. The lowest BCUT2D eigenvalue weighted by Gasteiger charge is -2.23. The Hall–Kier alpha value is -4.11. The molecular weight excluding hydrogens is 530 g/mol. The van der Waals surface area contributed by atoms with Crippen molar-refractivity contribution in [3.8, 4) is 0 Å². The number of nitrogens with zero attached hydrogens (tertiary/aromatic N) is 6. The lowest BCUT2D eigenvalue weighted by Crippen LogP contribution is -2.48. The molecule has 4 rings (SSSR count). The van der Waals surface area contributed by atoms with Gasteiger partial charge < -0.3 is 26.8 Å². The van der Waals surface area contributed by atoms with E-state index in [1.165, 1.54) is 16.7 Å². The second-order valence-corrected chi connectivity index (χ2v) is 10.2. The number of hydrogen-bond donors (Lipinski definition) is 4. The molecule has 3 heterocycles. The highest BCUT2D eigenvalue weighted by atomic mass is 32.2. The zero-order chi connectivity index (χ0) is 27.4. The number of carboxylic acid groups (broad SMARTS) is 1. The molecule has 0 spiro atoms. The van der Waals surface area contributed by atoms with Crippen LogP contribution in [0, 0.1) is 0 Å². The third kappa shape index (κ3) is 6.23. The van der Waals surface area contributed by atoms with E-state index in [-0.39, 0.29) is 24.6 Å². The van der Waals surface area contributed by atoms with Gasteiger partial charge in [0.15, 0.2) is 17.0 Å². The molecule has 1 aliphatic rings. The molecule has 15 heteroatoms. The topological polar surface area (TPSA) is 194 Å². The van der Waals surface area contributed by atoms with Gasteiger partial charge in [0, 0.05) is 37.0 Å². The first-order valence-corrected chi connectivity index (χ1v) is 12.9. The largest absolute Gasteiger partial charge is 0.481 e. The van der Waals surface area contributed by atoms with Gasteiger partial charge in [-0.1, -0.05) is 24.0 Å². The minimum Gasteiger partial charge on any atom is -0.481 e. The van der Waals surface area contributed by atoms with Crippen LogP contribution >= 0.6 is 24.0 Å². The lowest BCUT2D eigenvalue weighted by molar-refractivity contribution is -0.137. The van der Waals surface area contributed by atoms with E-state index in [0.29, 0.717) is 45.6 Å². The summed E-state index contributed by atoms with van der Waals surface area (Å²) in [6, 6.07) is 5.74. The molecule has 38 heavy (non-hydrogen) atoms. The van der Waals surface area contributed by atoms with Crippen LogP contribution in [0.5, 0.6) is 0 Å². The number of carbonyl (C=O) groups is 3. The van der Waals surface area contributed by atoms with E-state index in [2.05, 4.69) is 25.3 Å². The van der Waals surface area contributed by atoms with Crippen molar-refractivity contribution in [3.63, 3.8) is 0 Å². The number of hydrogen-bond acceptors (Lipinski definition) is 12. The number of anilines is 3. The van der Waals surface area contributed by atoms with Gasteiger partial charge in [-0.3, -0.25) is 19.3 Å². The number of thioether (sulfide) groups is 1. The van der Waals surface area contributed by atoms with Gasteiger partial charge in [-0.15, -0.1) is 0 Å². The van der Waals surface area contributed by atoms with E-state index >= 15 is 0 Å². The molecule has 6 N–H and O–H groups in total. The summed E-state index contributed by atoms with van der Waals surface area (Å²) >= 11 is 6.58. The highest BCUT2D eigenvalue weighted by molar-refractivity contribution is 8.23. The van der Waals surface area contributed by atoms with Crippen LogP contribution in [0.15, 0.2) is 30.5 Å². The molecule has 0 unspecified atom stereocenters. The smallest absolute Gasteiger partial charge is 0.303 e. The van der Waals surface area contributed by atoms with E-state index in [4.69, 9.17) is 28.8 Å². The molecular formula is C23H25N9O4S2. The summed E-state index contributed by atoms with van der Waals surface area (Å²) < 4.78 is 0.424. The SMILES string of the molecule is CN(Cc1cnc2nc(N)nc(N)c2n1)c1ccc(C(=O)N[C@H](CCC(=O)O)C(=O)N2CCSC2=S)cc1. The Morgan fingerprint density at radius 2 is 1.95 bits per heavy atom. The molecule has 0 radical (unpaired) electrons. The van der Waals surface area contributed by atoms with Crippen molar-refractivity contribution in [2.45, 2.75) is 25.4 Å². The van der Waals surface area contributed by atoms with Crippen molar-refractivity contribution >= 4 is 74.7 Å². The van der Waals surface area contributed by atoms with Crippen molar-refractivity contribution in [1.29, 1.82) is 0 Å². The molecule has 198 valence electrons. The Kier molecular flexibility index (Phi) is 8.16. The molecule has 2 amide bonds. The number of benzene rings is 1. The number of rotatable bonds is 9. The quantitative estimate of drug-likeness (QED) is 0.274. The van der Waals surface area contributed by atoms with Gasteiger partial charge in [0.05, 0.1) is 18.4 Å². The number of aliphatic carboxylic acids is 1. The average Bonchev–Trinajstić information content (AvgIpc) is 3.32. The van der Waals surface area contributed by atoms with Gasteiger partial charge in [-0.25, -0.2) is 9.97 Å². The number of nitrogens with one attached hydrogen (secondary N) is 1. The number of amides is 2. The number of aromatic nitrogens is 4. The van der Waals surface area contributed by atoms with Gasteiger partial charge >= 0.3 is 5.97 Å². The molecule has 1 atom stereocenters. The Balaban J connectivity index is 1.43. The summed E-state index contributed by atoms with van der Waals surface area (Å²) in [6.07, 6.45) is 1.27. The van der Waals surface area contributed by atoms with Crippen LogP contribution in [0.25, 0.3) is 11.2 Å². The summed E-state index contributed by atoms with van der Waals surface area (Å²) in [5.41, 5.74) is 13.9. The minimum absolute atomic E-state index is 0.0226. The summed E-state index contributed by atoms with van der Waals surface area (Å²) in [4.78, 5) is 57.0. The third-order valence-electron chi connectivity index (χ3n) is 5.75. The van der Waals surface area contributed by atoms with Crippen molar-refractivity contribution < 1.29 is 19.5 Å². The molecule has 13 nitrogen and oxygen atoms in total. The first kappa shape index (κ1) is 26.9. The molecule has 1 aliphatic heterocycles. The number of carboxylic acids is 1. The third-order valence-corrected chi connectivity index (χ3v) is 7.18. The van der Waals surface area contributed by atoms with Crippen molar-refractivity contribution in [2.24, 2.45) is 0 Å². The summed E-state index contributed by atoms with van der Waals surface area (Å²) in [5, 5.41) is 11.8. The molecule has 0 bridgehead atoms. The minimum atomic E-state index is -1.06. The fraction of sp³-hybridized carbons (Fsp3) is 0.304. The van der Waals surface area contributed by atoms with Gasteiger partial charge in [0.1, 0.15) is 10.4 Å². The summed E-state index contributed by atoms with van der Waals surface area (Å²) in [6.45, 7) is 0.815. The second-order valence-electron chi connectivity index (χ2n) is 8.47. The molecule has 0 aliphatic carbocycles. The zero-order valence-electron chi connectivity index (χ0n) is 20.3. The fourth-order valence-corrected chi connectivity index (χ4v) is 5.03. The van der Waals surface area contributed by atoms with Crippen LogP contribution in [0.3, 0.4) is 0 Å². The van der Waals surface area contributed by atoms with Crippen LogP contribution in [0.2, 0.25) is 0 Å². The number of fused-ring (bicyclic) bond motifs is 1. The van der Waals surface area contributed by atoms with E-state index < -0.39 is 23.8 Å². The maximum Gasteiger partial charge on any atom is 0.303 e. The van der Waals surface area contributed by atoms with Crippen LogP contribution in [0.4, 0.5) is 17.5 Å². The summed E-state index contributed by atoms with van der Waals surface area (Å²) in [7, 11) is 1.85. The van der Waals surface area contributed by atoms with Gasteiger partial charge in [-0.05, 0) is 30.7 Å². The van der Waals surface area contributed by atoms with Gasteiger partial charge in [0.25, 0.3) is 11.8 Å². The second kappa shape index (κ2) is 11.5. The first-order chi connectivity index (χ1) is 18.1. The Bertz CT molecular complexity index is 1400. The molecule has 1 saturated heterocycles. The molecule has 0 saturated carbocycles. The number of carbonyl (C=O) groups excluding carboxylic acids is 2. The monoisotopic (exact) mass is 555 g/mol. The molecule has 2 aromatic heterocycles. The molecule has 3 aromatic rings. The van der Waals surface area contributed by atoms with Gasteiger partial charge in [0.2, 0.25) is 5.95 Å². The van der Waals surface area contributed by atoms with E-state index in [9.17, 15) is 14.4 Å². The first-order valence-electron chi connectivity index (χ1n) is 11.5. The Morgan fingerprint density at radius 1 is 1.21 bits per heavy atom. The predicted molar refractivity (Wildman–Crippen MR) is 147 cm³/mol. The maximum absolute atomic E-state index is 12.9. The fourth-order valence-electron chi connectivity index (χ4n) is 3.81. The molecule has 1 fully saturated rings. The maximum atomic E-state index is 12.9. The van der Waals surface area contributed by atoms with E-state index in [1.807, 2.05) is 11.9 Å². The van der Waals surface area contributed by atoms with Crippen LogP contribution in [0.1, 0.15) is 28.9 Å². The van der Waals surface area contributed by atoms with Gasteiger partial charge in [-0.2, -0.15) is 9.97 Å². The van der Waals surface area contributed by atoms with E-state index in [1.54, 1.807) is 30.5 Å². The van der Waals surface area contributed by atoms with Crippen LogP contribution < -0.4 is 21.7 Å². The normalized spacial score (nSPS) is 13.9. The number of thiocarbonyl (C=S) groups is 1. The zero-order valence-corrected chi connectivity index (χ0v) is 22.0. The Labute approximate surface area is 227 Å². The van der Waals surface area contributed by atoms with Crippen molar-refractivity contribution in [3.05, 3.63) is 41.7 Å². The highest BCUT2D eigenvalue weighted by Gasteiger charge is 2.31. The van der Waals surface area contributed by atoms with Crippen LogP contribution in [-0.2, 0) is 16.1 Å².